The lowest BCUT2D eigenvalue weighted by atomic mass is 10.1. The molecule has 1 N–H and O–H groups in total. The van der Waals surface area contributed by atoms with Crippen molar-refractivity contribution in [3.05, 3.63) is 29.3 Å². The molecule has 0 saturated carbocycles. The Bertz CT molecular complexity index is 560. The minimum atomic E-state index is -3.36. The van der Waals surface area contributed by atoms with Crippen LogP contribution in [0.15, 0.2) is 23.1 Å². The molecular formula is C14H23ClN2O2S. The highest BCUT2D eigenvalue weighted by atomic mass is 35.5. The molecule has 1 unspecified atom stereocenters. The first kappa shape index (κ1) is 17.4. The summed E-state index contributed by atoms with van der Waals surface area (Å²) in [5.41, 5.74) is 1.79. The number of hydrogen-bond acceptors (Lipinski definition) is 3. The summed E-state index contributed by atoms with van der Waals surface area (Å²) in [4.78, 5) is 0.448. The van der Waals surface area contributed by atoms with Crippen molar-refractivity contribution in [2.75, 3.05) is 20.1 Å². The molecule has 0 aliphatic carbocycles. The smallest absolute Gasteiger partial charge is 0.243 e. The highest BCUT2D eigenvalue weighted by Gasteiger charge is 2.30. The molecular weight excluding hydrogens is 296 g/mol. The lowest BCUT2D eigenvalue weighted by Crippen LogP contribution is -2.46. The first-order chi connectivity index (χ1) is 8.95. The molecule has 20 heavy (non-hydrogen) atoms. The van der Waals surface area contributed by atoms with Gasteiger partial charge in [0.2, 0.25) is 10.0 Å². The van der Waals surface area contributed by atoms with E-state index in [-0.39, 0.29) is 18.4 Å². The number of aryl methyl sites for hydroxylation is 2. The highest BCUT2D eigenvalue weighted by Crippen LogP contribution is 2.24. The van der Waals surface area contributed by atoms with Gasteiger partial charge in [-0.3, -0.25) is 0 Å². The number of sulfonamides is 1. The minimum absolute atomic E-state index is 0. The van der Waals surface area contributed by atoms with E-state index >= 15 is 0 Å². The van der Waals surface area contributed by atoms with E-state index in [1.807, 2.05) is 33.0 Å². The molecule has 2 rings (SSSR count). The normalized spacial score (nSPS) is 20.4. The largest absolute Gasteiger partial charge is 0.316 e. The Labute approximate surface area is 128 Å². The minimum Gasteiger partial charge on any atom is -0.316 e. The average molecular weight is 319 g/mol. The first-order valence-electron chi connectivity index (χ1n) is 6.70. The Morgan fingerprint density at radius 1 is 1.30 bits per heavy atom. The number of piperidine rings is 1. The van der Waals surface area contributed by atoms with Crippen molar-refractivity contribution in [1.82, 2.24) is 9.62 Å². The number of rotatable bonds is 3. The third-order valence-corrected chi connectivity index (χ3v) is 5.76. The van der Waals surface area contributed by atoms with E-state index in [9.17, 15) is 8.42 Å². The van der Waals surface area contributed by atoms with Crippen LogP contribution < -0.4 is 5.32 Å². The van der Waals surface area contributed by atoms with E-state index in [0.29, 0.717) is 18.0 Å². The van der Waals surface area contributed by atoms with Gasteiger partial charge in [-0.2, -0.15) is 4.31 Å². The van der Waals surface area contributed by atoms with E-state index in [1.54, 1.807) is 10.4 Å². The van der Waals surface area contributed by atoms with Crippen molar-refractivity contribution in [3.8, 4) is 0 Å². The Hall–Kier alpha value is -0.620. The molecule has 0 amide bonds. The Balaban J connectivity index is 0.00000200. The van der Waals surface area contributed by atoms with E-state index in [4.69, 9.17) is 0 Å². The van der Waals surface area contributed by atoms with E-state index in [0.717, 1.165) is 24.0 Å². The summed E-state index contributed by atoms with van der Waals surface area (Å²) in [7, 11) is -1.48. The monoisotopic (exact) mass is 318 g/mol. The van der Waals surface area contributed by atoms with Crippen LogP contribution in [-0.2, 0) is 10.0 Å². The average Bonchev–Trinajstić information content (AvgIpc) is 2.41. The zero-order valence-electron chi connectivity index (χ0n) is 12.2. The molecule has 6 heteroatoms. The number of nitrogens with zero attached hydrogens (tertiary/aromatic N) is 1. The van der Waals surface area contributed by atoms with Crippen molar-refractivity contribution >= 4 is 22.4 Å². The third-order valence-electron chi connectivity index (χ3n) is 3.75. The Morgan fingerprint density at radius 3 is 2.65 bits per heavy atom. The molecule has 1 aliphatic rings. The van der Waals surface area contributed by atoms with Crippen LogP contribution in [-0.4, -0.2) is 38.9 Å². The molecule has 1 fully saturated rings. The fourth-order valence-corrected chi connectivity index (χ4v) is 4.35. The summed E-state index contributed by atoms with van der Waals surface area (Å²) >= 11 is 0. The lowest BCUT2D eigenvalue weighted by molar-refractivity contribution is 0.292. The summed E-state index contributed by atoms with van der Waals surface area (Å²) in [6.45, 7) is 4.96. The number of likely N-dealkylation sites (N-methyl/N-ethyl adjacent to an activating group) is 1. The van der Waals surface area contributed by atoms with Crippen LogP contribution in [0.5, 0.6) is 0 Å². The Morgan fingerprint density at radius 2 is 2.00 bits per heavy atom. The number of nitrogens with one attached hydrogen (secondary N) is 1. The molecule has 1 saturated heterocycles. The second-order valence-electron chi connectivity index (χ2n) is 5.26. The van der Waals surface area contributed by atoms with Gasteiger partial charge in [0, 0.05) is 19.1 Å². The fourth-order valence-electron chi connectivity index (χ4n) is 2.52. The molecule has 1 aromatic carbocycles. The van der Waals surface area contributed by atoms with Gasteiger partial charge in [-0.1, -0.05) is 12.1 Å². The van der Waals surface area contributed by atoms with Crippen LogP contribution in [0.1, 0.15) is 24.0 Å². The summed E-state index contributed by atoms with van der Waals surface area (Å²) in [5.74, 6) is 0. The molecule has 0 bridgehead atoms. The molecule has 0 radical (unpaired) electrons. The summed E-state index contributed by atoms with van der Waals surface area (Å²) in [6.07, 6.45) is 1.95. The van der Waals surface area contributed by atoms with Crippen LogP contribution >= 0.6 is 12.4 Å². The van der Waals surface area contributed by atoms with Gasteiger partial charge in [-0.15, -0.1) is 12.4 Å². The van der Waals surface area contributed by atoms with Crippen molar-refractivity contribution in [2.45, 2.75) is 37.6 Å². The van der Waals surface area contributed by atoms with Crippen molar-refractivity contribution in [1.29, 1.82) is 0 Å². The van der Waals surface area contributed by atoms with E-state index < -0.39 is 10.0 Å². The van der Waals surface area contributed by atoms with E-state index in [2.05, 4.69) is 5.32 Å². The predicted octanol–water partition coefficient (Wildman–Crippen LogP) is 2.10. The van der Waals surface area contributed by atoms with Gasteiger partial charge in [-0.25, -0.2) is 8.42 Å². The molecule has 1 aromatic rings. The first-order valence-corrected chi connectivity index (χ1v) is 8.14. The topological polar surface area (TPSA) is 49.4 Å². The van der Waals surface area contributed by atoms with Crippen molar-refractivity contribution < 1.29 is 8.42 Å². The van der Waals surface area contributed by atoms with Gasteiger partial charge in [0.15, 0.2) is 0 Å². The SMILES string of the molecule is CNC1CCCN(S(=O)(=O)c2cc(C)ccc2C)C1.Cl. The zero-order valence-corrected chi connectivity index (χ0v) is 13.9. The molecule has 1 heterocycles. The van der Waals surface area contributed by atoms with Gasteiger partial charge < -0.3 is 5.32 Å². The third kappa shape index (κ3) is 3.52. The standard InChI is InChI=1S/C14H22N2O2S.ClH/c1-11-6-7-12(2)14(9-11)19(17,18)16-8-4-5-13(10-16)15-3;/h6-7,9,13,15H,4-5,8,10H2,1-3H3;1H. The second-order valence-corrected chi connectivity index (χ2v) is 7.17. The number of hydrogen-bond donors (Lipinski definition) is 1. The molecule has 0 spiro atoms. The maximum Gasteiger partial charge on any atom is 0.243 e. The highest BCUT2D eigenvalue weighted by molar-refractivity contribution is 7.89. The quantitative estimate of drug-likeness (QED) is 0.928. The number of halogens is 1. The molecule has 1 aliphatic heterocycles. The van der Waals surface area contributed by atoms with Gasteiger partial charge in [0.1, 0.15) is 0 Å². The Kier molecular flexibility index (Phi) is 6.01. The summed E-state index contributed by atoms with van der Waals surface area (Å²) in [6, 6.07) is 5.85. The van der Waals surface area contributed by atoms with Crippen LogP contribution in [0.3, 0.4) is 0 Å². The molecule has 0 aromatic heterocycles. The van der Waals surface area contributed by atoms with Gasteiger partial charge in [0.05, 0.1) is 4.90 Å². The zero-order chi connectivity index (χ0) is 14.0. The van der Waals surface area contributed by atoms with Crippen molar-refractivity contribution in [2.24, 2.45) is 0 Å². The van der Waals surface area contributed by atoms with Gasteiger partial charge >= 0.3 is 0 Å². The summed E-state index contributed by atoms with van der Waals surface area (Å²) in [5, 5.41) is 3.18. The van der Waals surface area contributed by atoms with Gasteiger partial charge in [-0.05, 0) is 50.9 Å². The van der Waals surface area contributed by atoms with Crippen LogP contribution in [0.2, 0.25) is 0 Å². The van der Waals surface area contributed by atoms with Crippen molar-refractivity contribution in [3.63, 3.8) is 0 Å². The summed E-state index contributed by atoms with van der Waals surface area (Å²) < 4.78 is 27.1. The molecule has 1 atom stereocenters. The van der Waals surface area contributed by atoms with Crippen LogP contribution in [0.25, 0.3) is 0 Å². The maximum absolute atomic E-state index is 12.7. The molecule has 4 nitrogen and oxygen atoms in total. The van der Waals surface area contributed by atoms with Crippen LogP contribution in [0, 0.1) is 13.8 Å². The van der Waals surface area contributed by atoms with Gasteiger partial charge in [0.25, 0.3) is 0 Å². The molecule has 114 valence electrons. The number of benzene rings is 1. The van der Waals surface area contributed by atoms with Crippen LogP contribution in [0.4, 0.5) is 0 Å². The second kappa shape index (κ2) is 6.89. The maximum atomic E-state index is 12.7. The predicted molar refractivity (Wildman–Crippen MR) is 84.0 cm³/mol. The lowest BCUT2D eigenvalue weighted by Gasteiger charge is -2.32. The fraction of sp³-hybridized carbons (Fsp3) is 0.571. The van der Waals surface area contributed by atoms with E-state index in [1.165, 1.54) is 0 Å².